The Bertz CT molecular complexity index is 1890. The van der Waals surface area contributed by atoms with Crippen LogP contribution in [0, 0.1) is 11.6 Å². The van der Waals surface area contributed by atoms with Crippen molar-refractivity contribution in [3.63, 3.8) is 0 Å². The maximum Gasteiger partial charge on any atom is 0.407 e. The minimum Gasteiger partial charge on any atom is -0.444 e. The largest absolute Gasteiger partial charge is 0.444 e. The highest BCUT2D eigenvalue weighted by Crippen LogP contribution is 2.40. The number of aryl methyl sites for hydroxylation is 1. The maximum atomic E-state index is 15.7. The molecule has 1 aromatic carbocycles. The molecular formula is C32H44F2N8O4Si. The van der Waals surface area contributed by atoms with E-state index in [-0.39, 0.29) is 58.0 Å². The molecule has 6 rings (SSSR count). The second-order valence-electron chi connectivity index (χ2n) is 15.1. The molecule has 0 radical (unpaired) electrons. The minimum absolute atomic E-state index is 0.0470. The fraction of sp³-hybridized carbons (Fsp3) is 0.594. The Hall–Kier alpha value is -3.85. The minimum atomic E-state index is -1.37. The van der Waals surface area contributed by atoms with Gasteiger partial charge in [-0.25, -0.2) is 18.3 Å². The van der Waals surface area contributed by atoms with Crippen molar-refractivity contribution in [1.82, 2.24) is 34.4 Å². The van der Waals surface area contributed by atoms with E-state index in [1.54, 1.807) is 17.8 Å². The van der Waals surface area contributed by atoms with Crippen LogP contribution < -0.4 is 15.8 Å². The predicted octanol–water partition coefficient (Wildman–Crippen LogP) is 5.30. The molecule has 254 valence electrons. The number of aromatic nitrogens is 6. The van der Waals surface area contributed by atoms with Crippen LogP contribution in [0.15, 0.2) is 17.1 Å². The first kappa shape index (κ1) is 33.1. The fourth-order valence-electron chi connectivity index (χ4n) is 6.82. The summed E-state index contributed by atoms with van der Waals surface area (Å²) in [5.74, 6) is -1.68. The molecule has 2 unspecified atom stereocenters. The number of piperidine rings is 1. The van der Waals surface area contributed by atoms with Crippen molar-refractivity contribution in [2.75, 3.05) is 11.5 Å². The molecule has 5 heterocycles. The Balaban J connectivity index is 1.40. The summed E-state index contributed by atoms with van der Waals surface area (Å²) in [6.45, 7) is 12.9. The molecule has 2 atom stereocenters. The molecule has 3 aromatic heterocycles. The molecule has 1 N–H and O–H groups in total. The van der Waals surface area contributed by atoms with E-state index in [1.807, 2.05) is 20.8 Å². The van der Waals surface area contributed by atoms with Crippen molar-refractivity contribution >= 4 is 42.2 Å². The van der Waals surface area contributed by atoms with E-state index in [0.717, 1.165) is 18.9 Å². The van der Waals surface area contributed by atoms with Crippen LogP contribution in [0.25, 0.3) is 33.2 Å². The first-order valence-corrected chi connectivity index (χ1v) is 19.9. The molecular weight excluding hydrogens is 626 g/mol. The molecule has 2 aliphatic heterocycles. The number of hydrogen-bond acceptors (Lipinski definition) is 8. The number of alkyl carbamates (subject to hydrolysis) is 1. The number of halogens is 2. The topological polar surface area (TPSA) is 121 Å². The number of hydrogen-bond donors (Lipinski definition) is 1. The van der Waals surface area contributed by atoms with Crippen molar-refractivity contribution in [3.8, 4) is 11.1 Å². The van der Waals surface area contributed by atoms with Gasteiger partial charge in [-0.05, 0) is 58.6 Å². The average molecular weight is 671 g/mol. The van der Waals surface area contributed by atoms with Crippen molar-refractivity contribution in [3.05, 3.63) is 34.3 Å². The van der Waals surface area contributed by atoms with Gasteiger partial charge >= 0.3 is 6.09 Å². The van der Waals surface area contributed by atoms with Gasteiger partial charge in [0.05, 0.1) is 5.39 Å². The number of fused-ring (bicyclic) bond motifs is 4. The van der Waals surface area contributed by atoms with E-state index in [2.05, 4.69) is 40.2 Å². The number of nitrogens with one attached hydrogen (secondary N) is 1. The van der Waals surface area contributed by atoms with E-state index in [0.29, 0.717) is 31.0 Å². The molecule has 47 heavy (non-hydrogen) atoms. The van der Waals surface area contributed by atoms with Crippen LogP contribution in [0.3, 0.4) is 0 Å². The second-order valence-corrected chi connectivity index (χ2v) is 20.7. The summed E-state index contributed by atoms with van der Waals surface area (Å²) in [5, 5.41) is 11.0. The van der Waals surface area contributed by atoms with Gasteiger partial charge in [0.2, 0.25) is 5.95 Å². The second kappa shape index (κ2) is 12.0. The zero-order valence-corrected chi connectivity index (χ0v) is 29.4. The molecule has 2 fully saturated rings. The van der Waals surface area contributed by atoms with Crippen molar-refractivity contribution in [2.24, 2.45) is 14.1 Å². The van der Waals surface area contributed by atoms with Crippen LogP contribution in [0.4, 0.5) is 19.5 Å². The van der Waals surface area contributed by atoms with E-state index in [4.69, 9.17) is 14.5 Å². The molecule has 12 nitrogen and oxygen atoms in total. The third-order valence-electron chi connectivity index (χ3n) is 9.05. The van der Waals surface area contributed by atoms with Crippen LogP contribution in [-0.2, 0) is 30.3 Å². The summed E-state index contributed by atoms with van der Waals surface area (Å²) in [7, 11) is 1.78. The fourth-order valence-corrected chi connectivity index (χ4v) is 7.58. The number of ether oxygens (including phenoxy) is 2. The molecule has 4 aromatic rings. The lowest BCUT2D eigenvalue weighted by Gasteiger charge is -2.40. The molecule has 15 heteroatoms. The van der Waals surface area contributed by atoms with E-state index < -0.39 is 31.4 Å². The lowest BCUT2D eigenvalue weighted by molar-refractivity contribution is 0.0492. The zero-order valence-electron chi connectivity index (χ0n) is 28.4. The quantitative estimate of drug-likeness (QED) is 0.198. The summed E-state index contributed by atoms with van der Waals surface area (Å²) in [5.41, 5.74) is -0.412. The number of anilines is 1. The Labute approximate surface area is 273 Å². The van der Waals surface area contributed by atoms with Gasteiger partial charge in [-0.1, -0.05) is 24.9 Å². The lowest BCUT2D eigenvalue weighted by atomic mass is 9.98. The highest BCUT2D eigenvalue weighted by molar-refractivity contribution is 6.76. The van der Waals surface area contributed by atoms with Crippen LogP contribution in [0.1, 0.15) is 46.5 Å². The number of rotatable bonds is 8. The van der Waals surface area contributed by atoms with Gasteiger partial charge in [0.15, 0.2) is 17.3 Å². The molecule has 2 aliphatic rings. The Morgan fingerprint density at radius 2 is 1.77 bits per heavy atom. The third kappa shape index (κ3) is 6.38. The van der Waals surface area contributed by atoms with Crippen LogP contribution in [0.2, 0.25) is 25.7 Å². The Kier molecular flexibility index (Phi) is 8.43. The van der Waals surface area contributed by atoms with Gasteiger partial charge in [0.1, 0.15) is 23.4 Å². The van der Waals surface area contributed by atoms with E-state index >= 15 is 8.78 Å². The summed E-state index contributed by atoms with van der Waals surface area (Å²) in [4.78, 5) is 34.0. The van der Waals surface area contributed by atoms with Gasteiger partial charge in [0.25, 0.3) is 5.56 Å². The first-order valence-electron chi connectivity index (χ1n) is 16.2. The van der Waals surface area contributed by atoms with Gasteiger partial charge in [0, 0.05) is 64.2 Å². The first-order chi connectivity index (χ1) is 22.0. The molecule has 0 saturated carbocycles. The average Bonchev–Trinajstić information content (AvgIpc) is 3.60. The number of amides is 1. The molecule has 0 aliphatic carbocycles. The molecule has 0 spiro atoms. The van der Waals surface area contributed by atoms with Crippen molar-refractivity contribution in [1.29, 1.82) is 0 Å². The Morgan fingerprint density at radius 1 is 1.09 bits per heavy atom. The number of benzene rings is 1. The smallest absolute Gasteiger partial charge is 0.407 e. The SMILES string of the molecule is Cn1c(N2C3CCC2CC(NC(=O)OC(C)(C)C)C3)nc2c(c(-c3cc4nnn(C)c4c(F)c3F)cn2COCC[Si](C)(C)C)c1=O. The number of carbonyl (C=O) groups is 1. The van der Waals surface area contributed by atoms with Gasteiger partial charge in [-0.2, -0.15) is 4.98 Å². The van der Waals surface area contributed by atoms with Gasteiger partial charge < -0.3 is 24.3 Å². The lowest BCUT2D eigenvalue weighted by Crippen LogP contribution is -2.52. The number of nitrogens with zero attached hydrogens (tertiary/aromatic N) is 7. The normalized spacial score (nSPS) is 20.0. The maximum absolute atomic E-state index is 15.7. The van der Waals surface area contributed by atoms with Crippen LogP contribution >= 0.6 is 0 Å². The Morgan fingerprint density at radius 3 is 2.40 bits per heavy atom. The third-order valence-corrected chi connectivity index (χ3v) is 10.8. The summed E-state index contributed by atoms with van der Waals surface area (Å²) < 4.78 is 47.0. The predicted molar refractivity (Wildman–Crippen MR) is 178 cm³/mol. The van der Waals surface area contributed by atoms with Crippen molar-refractivity contribution < 1.29 is 23.0 Å². The molecule has 1 amide bonds. The summed E-state index contributed by atoms with van der Waals surface area (Å²) in [6, 6.07) is 2.39. The van der Waals surface area contributed by atoms with Crippen molar-refractivity contribution in [2.45, 2.75) is 103 Å². The van der Waals surface area contributed by atoms with E-state index in [9.17, 15) is 9.59 Å². The zero-order chi connectivity index (χ0) is 34.0. The molecule has 2 bridgehead atoms. The van der Waals surface area contributed by atoms with Gasteiger partial charge in [-0.3, -0.25) is 9.36 Å². The summed E-state index contributed by atoms with van der Waals surface area (Å²) in [6.07, 6.45) is 4.31. The molecule has 2 saturated heterocycles. The standard InChI is InChI=1S/C32H44F2N8O4Si/c1-32(2,3)46-31(44)35-18-13-19-9-10-20(14-18)42(19)30-36-28-24(29(43)39(30)4)22(16-41(28)17-45-11-12-47(6,7)8)21-15-23-27(26(34)25(21)33)40(5)38-37-23/h15-16,18-20H,9-14,17H2,1-8H3,(H,35,44). The van der Waals surface area contributed by atoms with Gasteiger partial charge in [-0.15, -0.1) is 5.10 Å². The monoisotopic (exact) mass is 670 g/mol. The van der Waals surface area contributed by atoms with Crippen LogP contribution in [-0.4, -0.2) is 73.6 Å². The highest BCUT2D eigenvalue weighted by atomic mass is 28.3. The van der Waals surface area contributed by atoms with Crippen LogP contribution in [0.5, 0.6) is 0 Å². The van der Waals surface area contributed by atoms with E-state index in [1.165, 1.54) is 22.4 Å². The highest BCUT2D eigenvalue weighted by Gasteiger charge is 2.43. The number of carbonyl (C=O) groups excluding carboxylic acids is 1. The summed E-state index contributed by atoms with van der Waals surface area (Å²) >= 11 is 0.